The van der Waals surface area contributed by atoms with E-state index in [0.29, 0.717) is 24.1 Å². The summed E-state index contributed by atoms with van der Waals surface area (Å²) in [7, 11) is -1.95. The number of anilines is 1. The molecule has 200 valence electrons. The summed E-state index contributed by atoms with van der Waals surface area (Å²) in [5, 5.41) is 2.45. The zero-order chi connectivity index (χ0) is 27.5. The standard InChI is InChI=1S/C28H35BrN2O5S/c1-18-14-21(29)15-19(2)24(18)8-7-9-26(32)30-22-10-13-25(37(34,35)23-11-12-23)20(16-22)17-31(6)27(33)36-28(3,4)5/h7-8,10,13-16,23H,9,11-12,17H2,1-6H3,(H,30,32)/b8-7+. The van der Waals surface area contributed by atoms with Crippen molar-refractivity contribution in [2.45, 2.75) is 76.2 Å². The Balaban J connectivity index is 1.77. The van der Waals surface area contributed by atoms with Crippen LogP contribution in [-0.2, 0) is 25.9 Å². The van der Waals surface area contributed by atoms with Gasteiger partial charge in [0.05, 0.1) is 16.7 Å². The van der Waals surface area contributed by atoms with Crippen molar-refractivity contribution >= 4 is 49.5 Å². The normalized spacial score (nSPS) is 14.0. The summed E-state index contributed by atoms with van der Waals surface area (Å²) in [5.74, 6) is -0.229. The van der Waals surface area contributed by atoms with Crippen LogP contribution in [0, 0.1) is 13.8 Å². The Kier molecular flexibility index (Phi) is 8.90. The highest BCUT2D eigenvalue weighted by Crippen LogP contribution is 2.36. The molecule has 1 N–H and O–H groups in total. The van der Waals surface area contributed by atoms with E-state index in [9.17, 15) is 18.0 Å². The maximum absolute atomic E-state index is 13.0. The van der Waals surface area contributed by atoms with Crippen molar-refractivity contribution in [3.05, 3.63) is 63.1 Å². The summed E-state index contributed by atoms with van der Waals surface area (Å²) < 4.78 is 32.5. The summed E-state index contributed by atoms with van der Waals surface area (Å²) in [6.45, 7) is 9.38. The Hall–Kier alpha value is -2.65. The quantitative estimate of drug-likeness (QED) is 0.383. The van der Waals surface area contributed by atoms with Crippen LogP contribution < -0.4 is 5.32 Å². The molecule has 0 aromatic heterocycles. The zero-order valence-electron chi connectivity index (χ0n) is 22.2. The average Bonchev–Trinajstić information content (AvgIpc) is 3.60. The van der Waals surface area contributed by atoms with Gasteiger partial charge in [-0.2, -0.15) is 0 Å². The van der Waals surface area contributed by atoms with Crippen molar-refractivity contribution < 1.29 is 22.7 Å². The number of amides is 2. The number of sulfone groups is 1. The molecule has 7 nitrogen and oxygen atoms in total. The van der Waals surface area contributed by atoms with Gasteiger partial charge in [0, 0.05) is 23.6 Å². The lowest BCUT2D eigenvalue weighted by Crippen LogP contribution is -2.34. The van der Waals surface area contributed by atoms with Gasteiger partial charge in [-0.3, -0.25) is 4.79 Å². The van der Waals surface area contributed by atoms with Crippen LogP contribution in [0.15, 0.2) is 45.8 Å². The van der Waals surface area contributed by atoms with Crippen molar-refractivity contribution in [1.29, 1.82) is 0 Å². The zero-order valence-corrected chi connectivity index (χ0v) is 24.6. The van der Waals surface area contributed by atoms with Crippen molar-refractivity contribution in [2.75, 3.05) is 12.4 Å². The molecule has 3 rings (SSSR count). The number of ether oxygens (including phenoxy) is 1. The first kappa shape index (κ1) is 28.9. The van der Waals surface area contributed by atoms with Gasteiger partial charge in [0.25, 0.3) is 0 Å². The van der Waals surface area contributed by atoms with E-state index < -0.39 is 26.8 Å². The summed E-state index contributed by atoms with van der Waals surface area (Å²) in [5.41, 5.74) is 3.51. The number of aryl methyl sites for hydroxylation is 2. The summed E-state index contributed by atoms with van der Waals surface area (Å²) in [6, 6.07) is 8.79. The fourth-order valence-electron chi connectivity index (χ4n) is 3.96. The van der Waals surface area contributed by atoms with Crippen LogP contribution in [0.3, 0.4) is 0 Å². The van der Waals surface area contributed by atoms with E-state index in [1.165, 1.54) is 11.0 Å². The minimum absolute atomic E-state index is 0.0297. The molecule has 37 heavy (non-hydrogen) atoms. The summed E-state index contributed by atoms with van der Waals surface area (Å²) in [4.78, 5) is 26.7. The molecule has 1 aliphatic carbocycles. The maximum atomic E-state index is 13.0. The number of hydrogen-bond donors (Lipinski definition) is 1. The van der Waals surface area contributed by atoms with E-state index >= 15 is 0 Å². The molecule has 0 radical (unpaired) electrons. The van der Waals surface area contributed by atoms with E-state index in [4.69, 9.17) is 4.74 Å². The summed E-state index contributed by atoms with van der Waals surface area (Å²) in [6.07, 6.45) is 4.60. The van der Waals surface area contributed by atoms with Crippen molar-refractivity contribution in [3.63, 3.8) is 0 Å². The second-order valence-corrected chi connectivity index (χ2v) is 13.6. The predicted octanol–water partition coefficient (Wildman–Crippen LogP) is 6.41. The molecular weight excluding hydrogens is 556 g/mol. The molecule has 0 saturated heterocycles. The van der Waals surface area contributed by atoms with Gasteiger partial charge in [-0.25, -0.2) is 13.2 Å². The number of halogens is 1. The molecule has 0 spiro atoms. The first-order valence-corrected chi connectivity index (χ1v) is 14.6. The molecule has 0 atom stereocenters. The highest BCUT2D eigenvalue weighted by molar-refractivity contribution is 9.10. The molecule has 9 heteroatoms. The number of rotatable bonds is 8. The van der Waals surface area contributed by atoms with Crippen molar-refractivity contribution in [3.8, 4) is 0 Å². The molecule has 0 unspecified atom stereocenters. The van der Waals surface area contributed by atoms with E-state index in [0.717, 1.165) is 21.2 Å². The minimum atomic E-state index is -3.51. The first-order valence-electron chi connectivity index (χ1n) is 12.2. The Labute approximate surface area is 228 Å². The van der Waals surface area contributed by atoms with Gasteiger partial charge in [0.15, 0.2) is 9.84 Å². The lowest BCUT2D eigenvalue weighted by Gasteiger charge is -2.25. The third kappa shape index (κ3) is 7.92. The first-order chi connectivity index (χ1) is 17.2. The maximum Gasteiger partial charge on any atom is 0.410 e. The van der Waals surface area contributed by atoms with Gasteiger partial charge in [0.1, 0.15) is 5.60 Å². The molecule has 0 heterocycles. The van der Waals surface area contributed by atoms with Crippen LogP contribution in [0.4, 0.5) is 10.5 Å². The second kappa shape index (κ2) is 11.4. The van der Waals surface area contributed by atoms with Gasteiger partial charge >= 0.3 is 6.09 Å². The Morgan fingerprint density at radius 1 is 1.14 bits per heavy atom. The van der Waals surface area contributed by atoms with Gasteiger partial charge in [0.2, 0.25) is 5.91 Å². The summed E-state index contributed by atoms with van der Waals surface area (Å²) >= 11 is 3.49. The third-order valence-electron chi connectivity index (χ3n) is 5.87. The fourth-order valence-corrected chi connectivity index (χ4v) is 6.51. The Bertz CT molecular complexity index is 1300. The predicted molar refractivity (Wildman–Crippen MR) is 150 cm³/mol. The number of carbonyl (C=O) groups is 2. The van der Waals surface area contributed by atoms with E-state index in [1.54, 1.807) is 40.0 Å². The van der Waals surface area contributed by atoms with Crippen LogP contribution in [0.25, 0.3) is 6.08 Å². The molecule has 0 aliphatic heterocycles. The van der Waals surface area contributed by atoms with Gasteiger partial charge in [-0.1, -0.05) is 28.1 Å². The lowest BCUT2D eigenvalue weighted by molar-refractivity contribution is -0.115. The molecule has 2 aromatic carbocycles. The molecule has 1 aliphatic rings. The van der Waals surface area contributed by atoms with Crippen LogP contribution in [-0.4, -0.2) is 43.2 Å². The SMILES string of the molecule is Cc1cc(Br)cc(C)c1/C=C/CC(=O)Nc1ccc(S(=O)(=O)C2CC2)c(CN(C)C(=O)OC(C)(C)C)c1. The Morgan fingerprint density at radius 3 is 2.32 bits per heavy atom. The van der Waals surface area contributed by atoms with Crippen LogP contribution in [0.5, 0.6) is 0 Å². The Morgan fingerprint density at radius 2 is 1.76 bits per heavy atom. The lowest BCUT2D eigenvalue weighted by atomic mass is 10.0. The number of benzene rings is 2. The topological polar surface area (TPSA) is 92.8 Å². The highest BCUT2D eigenvalue weighted by atomic mass is 79.9. The average molecular weight is 592 g/mol. The molecule has 1 fully saturated rings. The molecular formula is C28H35BrN2O5S. The monoisotopic (exact) mass is 590 g/mol. The van der Waals surface area contributed by atoms with Gasteiger partial charge in [-0.15, -0.1) is 0 Å². The second-order valence-electron chi connectivity index (χ2n) is 10.5. The molecule has 2 amide bonds. The van der Waals surface area contributed by atoms with Gasteiger partial charge < -0.3 is 15.0 Å². The van der Waals surface area contributed by atoms with Crippen molar-refractivity contribution in [2.24, 2.45) is 0 Å². The molecule has 1 saturated carbocycles. The number of nitrogens with zero attached hydrogens (tertiary/aromatic N) is 1. The third-order valence-corrected chi connectivity index (χ3v) is 8.69. The van der Waals surface area contributed by atoms with Crippen LogP contribution in [0.2, 0.25) is 0 Å². The van der Waals surface area contributed by atoms with Crippen LogP contribution in [0.1, 0.15) is 62.3 Å². The fraction of sp³-hybridized carbons (Fsp3) is 0.429. The minimum Gasteiger partial charge on any atom is -0.444 e. The van der Waals surface area contributed by atoms with E-state index in [2.05, 4.69) is 21.2 Å². The van der Waals surface area contributed by atoms with Gasteiger partial charge in [-0.05, 0) is 100 Å². The smallest absolute Gasteiger partial charge is 0.410 e. The van der Waals surface area contributed by atoms with E-state index in [-0.39, 0.29) is 23.8 Å². The van der Waals surface area contributed by atoms with Crippen molar-refractivity contribution in [1.82, 2.24) is 4.90 Å². The number of hydrogen-bond acceptors (Lipinski definition) is 5. The van der Waals surface area contributed by atoms with Crippen LogP contribution >= 0.6 is 15.9 Å². The molecule has 0 bridgehead atoms. The highest BCUT2D eigenvalue weighted by Gasteiger charge is 2.38. The van der Waals surface area contributed by atoms with E-state index in [1.807, 2.05) is 38.1 Å². The largest absolute Gasteiger partial charge is 0.444 e. The molecule has 2 aromatic rings. The number of carbonyl (C=O) groups excluding carboxylic acids is 2. The number of nitrogens with one attached hydrogen (secondary N) is 1.